The van der Waals surface area contributed by atoms with Gasteiger partial charge in [-0.3, -0.25) is 0 Å². The molecule has 0 bridgehead atoms. The standard InChI is InChI=1S/C55H112ClN/c1-4-7-10-13-16-19-22-25-28-31-34-37-40-43-46-49-52-55(53-50-47-44-41-38-35-32-29-26-23-20-17-14-11-8-5-2)57(56)54-51-48-45-42-39-36-33-30-27-24-21-18-15-12-9-6-3/h55H,4-54H2,1-3H3. The van der Waals surface area contributed by atoms with Crippen LogP contribution in [0.3, 0.4) is 0 Å². The Morgan fingerprint density at radius 2 is 0.386 bits per heavy atom. The average molecular weight is 823 g/mol. The highest BCUT2D eigenvalue weighted by Gasteiger charge is 2.16. The van der Waals surface area contributed by atoms with Gasteiger partial charge in [-0.25, -0.2) is 4.42 Å². The van der Waals surface area contributed by atoms with Crippen molar-refractivity contribution in [2.75, 3.05) is 6.54 Å². The normalized spacial score (nSPS) is 11.9. The highest BCUT2D eigenvalue weighted by atomic mass is 35.5. The van der Waals surface area contributed by atoms with Crippen molar-refractivity contribution in [2.24, 2.45) is 0 Å². The summed E-state index contributed by atoms with van der Waals surface area (Å²) >= 11 is 7.09. The Bertz CT molecular complexity index is 643. The van der Waals surface area contributed by atoms with Gasteiger partial charge in [-0.05, 0) is 31.0 Å². The molecule has 0 N–H and O–H groups in total. The predicted octanol–water partition coefficient (Wildman–Crippen LogP) is 21.4. The van der Waals surface area contributed by atoms with Crippen molar-refractivity contribution in [1.29, 1.82) is 0 Å². The van der Waals surface area contributed by atoms with E-state index in [4.69, 9.17) is 11.8 Å². The zero-order valence-corrected chi connectivity index (χ0v) is 41.2. The van der Waals surface area contributed by atoms with Crippen LogP contribution in [0.4, 0.5) is 0 Å². The molecule has 344 valence electrons. The largest absolute Gasteiger partial charge is 0.217 e. The Balaban J connectivity index is 4.07. The number of rotatable bonds is 52. The molecule has 0 amide bonds. The van der Waals surface area contributed by atoms with Crippen molar-refractivity contribution < 1.29 is 0 Å². The summed E-state index contributed by atoms with van der Waals surface area (Å²) in [4.78, 5) is 0. The molecule has 0 aromatic heterocycles. The fraction of sp³-hybridized carbons (Fsp3) is 1.00. The molecule has 0 radical (unpaired) electrons. The summed E-state index contributed by atoms with van der Waals surface area (Å²) in [6, 6.07) is 0.598. The van der Waals surface area contributed by atoms with E-state index in [9.17, 15) is 0 Å². The summed E-state index contributed by atoms with van der Waals surface area (Å²) in [5, 5.41) is 0. The van der Waals surface area contributed by atoms with Crippen LogP contribution in [0.25, 0.3) is 0 Å². The molecular weight excluding hydrogens is 710 g/mol. The van der Waals surface area contributed by atoms with Crippen molar-refractivity contribution >= 4 is 11.8 Å². The molecule has 0 aliphatic carbocycles. The molecule has 0 heterocycles. The summed E-state index contributed by atoms with van der Waals surface area (Å²) in [5.41, 5.74) is 0. The van der Waals surface area contributed by atoms with E-state index in [0.29, 0.717) is 6.04 Å². The minimum absolute atomic E-state index is 0.598. The molecule has 1 nitrogen and oxygen atoms in total. The first-order valence-corrected chi connectivity index (χ1v) is 28.0. The van der Waals surface area contributed by atoms with Gasteiger partial charge in [0.2, 0.25) is 0 Å². The molecule has 0 saturated carbocycles. The Hall–Kier alpha value is 0.250. The number of halogens is 1. The van der Waals surface area contributed by atoms with E-state index >= 15 is 0 Å². The van der Waals surface area contributed by atoms with E-state index in [2.05, 4.69) is 25.2 Å². The molecule has 0 spiro atoms. The summed E-state index contributed by atoms with van der Waals surface area (Å²) in [6.07, 6.45) is 71.9. The third-order valence-electron chi connectivity index (χ3n) is 13.4. The second-order valence-electron chi connectivity index (χ2n) is 19.3. The van der Waals surface area contributed by atoms with E-state index in [1.165, 1.54) is 321 Å². The van der Waals surface area contributed by atoms with E-state index in [1.54, 1.807) is 0 Å². The van der Waals surface area contributed by atoms with Crippen LogP contribution >= 0.6 is 11.8 Å². The van der Waals surface area contributed by atoms with E-state index in [1.807, 2.05) is 0 Å². The van der Waals surface area contributed by atoms with Gasteiger partial charge in [-0.1, -0.05) is 323 Å². The molecular formula is C55H112ClN. The van der Waals surface area contributed by atoms with Gasteiger partial charge in [0.1, 0.15) is 0 Å². The molecule has 0 atom stereocenters. The molecule has 0 fully saturated rings. The zero-order valence-electron chi connectivity index (χ0n) is 40.5. The summed E-state index contributed by atoms with van der Waals surface area (Å²) in [6.45, 7) is 8.04. The van der Waals surface area contributed by atoms with Crippen molar-refractivity contribution in [3.05, 3.63) is 0 Å². The maximum atomic E-state index is 7.09. The van der Waals surface area contributed by atoms with Crippen molar-refractivity contribution in [3.8, 4) is 0 Å². The Morgan fingerprint density at radius 1 is 0.228 bits per heavy atom. The lowest BCUT2D eigenvalue weighted by molar-refractivity contribution is 0.282. The van der Waals surface area contributed by atoms with E-state index in [-0.39, 0.29) is 0 Å². The quantitative estimate of drug-likeness (QED) is 0.0436. The van der Waals surface area contributed by atoms with Gasteiger partial charge in [0.15, 0.2) is 0 Å². The third kappa shape index (κ3) is 48.8. The van der Waals surface area contributed by atoms with Crippen LogP contribution in [0.2, 0.25) is 0 Å². The first-order valence-electron chi connectivity index (χ1n) is 27.7. The van der Waals surface area contributed by atoms with Crippen LogP contribution in [0.1, 0.15) is 342 Å². The first-order chi connectivity index (χ1) is 28.3. The van der Waals surface area contributed by atoms with Crippen LogP contribution in [0, 0.1) is 0 Å². The van der Waals surface area contributed by atoms with Gasteiger partial charge in [-0.2, -0.15) is 0 Å². The second-order valence-corrected chi connectivity index (χ2v) is 19.7. The van der Waals surface area contributed by atoms with Gasteiger partial charge in [-0.15, -0.1) is 0 Å². The second kappa shape index (κ2) is 52.4. The predicted molar refractivity (Wildman–Crippen MR) is 264 cm³/mol. The molecule has 0 saturated heterocycles. The maximum Gasteiger partial charge on any atom is 0.0251 e. The zero-order chi connectivity index (χ0) is 41.2. The molecule has 0 aromatic carbocycles. The van der Waals surface area contributed by atoms with Crippen LogP contribution < -0.4 is 0 Å². The third-order valence-corrected chi connectivity index (χ3v) is 13.8. The fourth-order valence-corrected chi connectivity index (χ4v) is 9.59. The lowest BCUT2D eigenvalue weighted by atomic mass is 9.99. The lowest BCUT2D eigenvalue weighted by Crippen LogP contribution is -2.28. The molecule has 0 aromatic rings. The van der Waals surface area contributed by atoms with Gasteiger partial charge >= 0.3 is 0 Å². The minimum atomic E-state index is 0.598. The summed E-state index contributed by atoms with van der Waals surface area (Å²) in [5.74, 6) is 0. The van der Waals surface area contributed by atoms with Gasteiger partial charge < -0.3 is 0 Å². The van der Waals surface area contributed by atoms with Crippen LogP contribution in [0.15, 0.2) is 0 Å². The van der Waals surface area contributed by atoms with Crippen molar-refractivity contribution in [2.45, 2.75) is 348 Å². The molecule has 57 heavy (non-hydrogen) atoms. The lowest BCUT2D eigenvalue weighted by Gasteiger charge is -2.26. The van der Waals surface area contributed by atoms with E-state index < -0.39 is 0 Å². The van der Waals surface area contributed by atoms with Crippen LogP contribution in [0.5, 0.6) is 0 Å². The monoisotopic (exact) mass is 822 g/mol. The molecule has 0 unspecified atom stereocenters. The fourth-order valence-electron chi connectivity index (χ4n) is 9.27. The van der Waals surface area contributed by atoms with E-state index in [0.717, 1.165) is 6.54 Å². The maximum absolute atomic E-state index is 7.09. The van der Waals surface area contributed by atoms with Crippen LogP contribution in [-0.2, 0) is 0 Å². The number of nitrogens with zero attached hydrogens (tertiary/aromatic N) is 1. The van der Waals surface area contributed by atoms with Crippen molar-refractivity contribution in [1.82, 2.24) is 4.42 Å². The molecule has 2 heteroatoms. The van der Waals surface area contributed by atoms with Gasteiger partial charge in [0.05, 0.1) is 0 Å². The summed E-state index contributed by atoms with van der Waals surface area (Å²) < 4.78 is 2.28. The van der Waals surface area contributed by atoms with Crippen LogP contribution in [-0.4, -0.2) is 17.0 Å². The van der Waals surface area contributed by atoms with Gasteiger partial charge in [0.25, 0.3) is 0 Å². The SMILES string of the molecule is CCCCCCCCCCCCCCCCCCC(CCCCCCCCCCCCCCCCCC)N(Cl)CCCCCCCCCCCCCCCCCC. The molecule has 0 aliphatic rings. The average Bonchev–Trinajstić information content (AvgIpc) is 3.22. The smallest absolute Gasteiger partial charge is 0.0251 e. The van der Waals surface area contributed by atoms with Crippen molar-refractivity contribution in [3.63, 3.8) is 0 Å². The molecule has 0 aliphatic heterocycles. The highest BCUT2D eigenvalue weighted by Crippen LogP contribution is 2.23. The minimum Gasteiger partial charge on any atom is -0.217 e. The Morgan fingerprint density at radius 3 is 0.579 bits per heavy atom. The van der Waals surface area contributed by atoms with Gasteiger partial charge in [0, 0.05) is 12.6 Å². The topological polar surface area (TPSA) is 3.24 Å². The first kappa shape index (κ1) is 57.2. The number of hydrogen-bond donors (Lipinski definition) is 0. The number of unbranched alkanes of at least 4 members (excludes halogenated alkanes) is 45. The summed E-state index contributed by atoms with van der Waals surface area (Å²) in [7, 11) is 0. The Labute approximate surface area is 369 Å². The molecule has 0 rings (SSSR count). The number of hydrogen-bond acceptors (Lipinski definition) is 1. The highest BCUT2D eigenvalue weighted by molar-refractivity contribution is 6.13. The Kier molecular flexibility index (Phi) is 52.6.